The Kier molecular flexibility index (Phi) is 6.27. The third-order valence-corrected chi connectivity index (χ3v) is 6.14. The number of ether oxygens (including phenoxy) is 2. The average Bonchev–Trinajstić information content (AvgIpc) is 3.35. The zero-order valence-electron chi connectivity index (χ0n) is 18.1. The Labute approximate surface area is 189 Å². The third kappa shape index (κ3) is 4.24. The van der Waals surface area contributed by atoms with Gasteiger partial charge in [-0.1, -0.05) is 6.07 Å². The van der Waals surface area contributed by atoms with E-state index in [0.717, 1.165) is 40.2 Å². The van der Waals surface area contributed by atoms with Crippen LogP contribution < -0.4 is 14.8 Å². The molecule has 0 radical (unpaired) electrons. The second-order valence-electron chi connectivity index (χ2n) is 7.06. The second-order valence-corrected chi connectivity index (χ2v) is 8.12. The van der Waals surface area contributed by atoms with Crippen LogP contribution in [-0.2, 0) is 6.54 Å². The lowest BCUT2D eigenvalue weighted by atomic mass is 10.2. The van der Waals surface area contributed by atoms with Gasteiger partial charge in [-0.15, -0.1) is 11.3 Å². The van der Waals surface area contributed by atoms with Gasteiger partial charge in [-0.05, 0) is 38.1 Å². The van der Waals surface area contributed by atoms with Crippen molar-refractivity contribution in [2.45, 2.75) is 20.4 Å². The standard InChI is InChI=1S/C23H24N4O4S/c1-4-31-18-13-19(32-21(18)23(28)29)22-25-9-8-20(26-22)24-10-11-27-14(2)12-15-16(27)6-5-7-17(15)30-3/h5-9,12-13H,4,10-11H2,1-3H3,(H,28,29)(H,24,25,26). The number of nitrogens with zero attached hydrogens (tertiary/aromatic N) is 3. The Balaban J connectivity index is 1.50. The highest BCUT2D eigenvalue weighted by atomic mass is 32.1. The van der Waals surface area contributed by atoms with Gasteiger partial charge in [0.15, 0.2) is 10.7 Å². The lowest BCUT2D eigenvalue weighted by Gasteiger charge is -2.11. The van der Waals surface area contributed by atoms with Gasteiger partial charge in [-0.3, -0.25) is 0 Å². The molecule has 166 valence electrons. The molecule has 0 unspecified atom stereocenters. The molecule has 4 rings (SSSR count). The topological polar surface area (TPSA) is 98.5 Å². The molecule has 3 aromatic heterocycles. The highest BCUT2D eigenvalue weighted by Gasteiger charge is 2.19. The number of carboxylic acid groups (broad SMARTS) is 1. The first-order valence-electron chi connectivity index (χ1n) is 10.2. The Morgan fingerprint density at radius 1 is 1.25 bits per heavy atom. The number of hydrogen-bond donors (Lipinski definition) is 2. The molecule has 0 saturated carbocycles. The number of benzene rings is 1. The van der Waals surface area contributed by atoms with E-state index in [1.807, 2.05) is 19.1 Å². The van der Waals surface area contributed by atoms with Crippen molar-refractivity contribution < 1.29 is 19.4 Å². The molecule has 2 N–H and O–H groups in total. The summed E-state index contributed by atoms with van der Waals surface area (Å²) in [7, 11) is 1.68. The number of thiophene rings is 1. The van der Waals surface area contributed by atoms with Crippen molar-refractivity contribution in [1.82, 2.24) is 14.5 Å². The summed E-state index contributed by atoms with van der Waals surface area (Å²) in [6.45, 7) is 5.69. The van der Waals surface area contributed by atoms with Gasteiger partial charge in [0, 0.05) is 36.4 Å². The molecule has 0 aliphatic heterocycles. The maximum absolute atomic E-state index is 11.5. The summed E-state index contributed by atoms with van der Waals surface area (Å²) in [4.78, 5) is 21.2. The smallest absolute Gasteiger partial charge is 0.349 e. The molecule has 0 aliphatic carbocycles. The minimum absolute atomic E-state index is 0.147. The van der Waals surface area contributed by atoms with Gasteiger partial charge in [0.05, 0.1) is 24.1 Å². The first kappa shape index (κ1) is 21.6. The first-order valence-corrected chi connectivity index (χ1v) is 11.0. The quantitative estimate of drug-likeness (QED) is 0.380. The van der Waals surface area contributed by atoms with Crippen LogP contribution >= 0.6 is 11.3 Å². The number of methoxy groups -OCH3 is 1. The fourth-order valence-electron chi connectivity index (χ4n) is 3.63. The van der Waals surface area contributed by atoms with E-state index in [1.54, 1.807) is 25.4 Å². The largest absolute Gasteiger partial charge is 0.496 e. The lowest BCUT2D eigenvalue weighted by molar-refractivity contribution is 0.0698. The van der Waals surface area contributed by atoms with Crippen LogP contribution in [0.5, 0.6) is 11.5 Å². The van der Waals surface area contributed by atoms with Gasteiger partial charge >= 0.3 is 5.97 Å². The summed E-state index contributed by atoms with van der Waals surface area (Å²) < 4.78 is 13.2. The summed E-state index contributed by atoms with van der Waals surface area (Å²) in [6.07, 6.45) is 1.66. The molecule has 8 nitrogen and oxygen atoms in total. The van der Waals surface area contributed by atoms with Crippen molar-refractivity contribution in [3.8, 4) is 22.2 Å². The third-order valence-electron chi connectivity index (χ3n) is 5.04. The van der Waals surface area contributed by atoms with E-state index >= 15 is 0 Å². The molecule has 0 aliphatic rings. The molecule has 9 heteroatoms. The average molecular weight is 453 g/mol. The second kappa shape index (κ2) is 9.27. The first-order chi connectivity index (χ1) is 15.5. The van der Waals surface area contributed by atoms with E-state index in [2.05, 4.69) is 38.9 Å². The van der Waals surface area contributed by atoms with Crippen LogP contribution in [0.15, 0.2) is 42.6 Å². The number of rotatable bonds is 9. The summed E-state index contributed by atoms with van der Waals surface area (Å²) in [5, 5.41) is 13.8. The lowest BCUT2D eigenvalue weighted by Crippen LogP contribution is -2.12. The van der Waals surface area contributed by atoms with E-state index in [1.165, 1.54) is 0 Å². The molecular formula is C23H24N4O4S. The summed E-state index contributed by atoms with van der Waals surface area (Å²) in [5.74, 6) is 1.31. The number of aromatic nitrogens is 3. The Hall–Kier alpha value is -3.59. The predicted molar refractivity (Wildman–Crippen MR) is 125 cm³/mol. The maximum atomic E-state index is 11.5. The normalized spacial score (nSPS) is 11.0. The van der Waals surface area contributed by atoms with E-state index in [9.17, 15) is 9.90 Å². The molecule has 4 aromatic rings. The maximum Gasteiger partial charge on any atom is 0.349 e. The van der Waals surface area contributed by atoms with Crippen molar-refractivity contribution in [2.24, 2.45) is 0 Å². The highest BCUT2D eigenvalue weighted by Crippen LogP contribution is 2.35. The van der Waals surface area contributed by atoms with Crippen molar-refractivity contribution >= 4 is 34.0 Å². The molecule has 32 heavy (non-hydrogen) atoms. The number of nitrogens with one attached hydrogen (secondary N) is 1. The number of hydrogen-bond acceptors (Lipinski definition) is 7. The van der Waals surface area contributed by atoms with Crippen molar-refractivity contribution in [2.75, 3.05) is 25.6 Å². The fraction of sp³-hybridized carbons (Fsp3) is 0.261. The molecule has 0 spiro atoms. The minimum Gasteiger partial charge on any atom is -0.496 e. The molecule has 1 aromatic carbocycles. The van der Waals surface area contributed by atoms with Gasteiger partial charge in [-0.25, -0.2) is 14.8 Å². The van der Waals surface area contributed by atoms with E-state index in [0.29, 0.717) is 35.4 Å². The zero-order valence-corrected chi connectivity index (χ0v) is 18.9. The Bertz CT molecular complexity index is 1260. The van der Waals surface area contributed by atoms with Crippen molar-refractivity contribution in [3.63, 3.8) is 0 Å². The fourth-order valence-corrected chi connectivity index (χ4v) is 4.51. The molecule has 0 fully saturated rings. The molecule has 0 amide bonds. The van der Waals surface area contributed by atoms with E-state index in [4.69, 9.17) is 9.47 Å². The van der Waals surface area contributed by atoms with Crippen LogP contribution in [0.1, 0.15) is 22.3 Å². The minimum atomic E-state index is -1.02. The molecule has 0 saturated heterocycles. The number of fused-ring (bicyclic) bond motifs is 1. The number of carboxylic acids is 1. The SMILES string of the molecule is CCOc1cc(-c2nccc(NCCn3c(C)cc4c(OC)cccc43)n2)sc1C(=O)O. The van der Waals surface area contributed by atoms with E-state index in [-0.39, 0.29) is 4.88 Å². The number of carbonyl (C=O) groups is 1. The highest BCUT2D eigenvalue weighted by molar-refractivity contribution is 7.17. The molecular weight excluding hydrogens is 428 g/mol. The summed E-state index contributed by atoms with van der Waals surface area (Å²) in [5.41, 5.74) is 2.27. The molecule has 0 atom stereocenters. The van der Waals surface area contributed by atoms with Gasteiger partial charge in [0.2, 0.25) is 0 Å². The van der Waals surface area contributed by atoms with Crippen LogP contribution in [0.25, 0.3) is 21.6 Å². The Morgan fingerprint density at radius 3 is 2.84 bits per heavy atom. The zero-order chi connectivity index (χ0) is 22.7. The monoisotopic (exact) mass is 452 g/mol. The summed E-state index contributed by atoms with van der Waals surface area (Å²) in [6, 6.07) is 11.6. The van der Waals surface area contributed by atoms with Crippen LogP contribution in [0.2, 0.25) is 0 Å². The Morgan fingerprint density at radius 2 is 2.09 bits per heavy atom. The van der Waals surface area contributed by atoms with Crippen LogP contribution in [0.3, 0.4) is 0 Å². The van der Waals surface area contributed by atoms with Gasteiger partial charge in [-0.2, -0.15) is 0 Å². The van der Waals surface area contributed by atoms with Crippen LogP contribution in [0.4, 0.5) is 5.82 Å². The van der Waals surface area contributed by atoms with Crippen LogP contribution in [0, 0.1) is 6.92 Å². The summed E-state index contributed by atoms with van der Waals surface area (Å²) >= 11 is 1.10. The molecule has 3 heterocycles. The van der Waals surface area contributed by atoms with Gasteiger partial charge < -0.3 is 24.5 Å². The van der Waals surface area contributed by atoms with Crippen LogP contribution in [-0.4, -0.2) is 45.9 Å². The number of aromatic carboxylic acids is 1. The van der Waals surface area contributed by atoms with Gasteiger partial charge in [0.1, 0.15) is 17.3 Å². The predicted octanol–water partition coefficient (Wildman–Crippen LogP) is 4.69. The van der Waals surface area contributed by atoms with Gasteiger partial charge in [0.25, 0.3) is 0 Å². The van der Waals surface area contributed by atoms with E-state index < -0.39 is 5.97 Å². The van der Waals surface area contributed by atoms with Crippen molar-refractivity contribution in [1.29, 1.82) is 0 Å². The molecule has 0 bridgehead atoms. The van der Waals surface area contributed by atoms with Crippen molar-refractivity contribution in [3.05, 3.63) is 53.2 Å². The number of aryl methyl sites for hydroxylation is 1. The number of anilines is 1.